The smallest absolute Gasteiger partial charge is 0.335 e. The van der Waals surface area contributed by atoms with Crippen LogP contribution in [0.25, 0.3) is 11.2 Å². The summed E-state index contributed by atoms with van der Waals surface area (Å²) in [5.41, 5.74) is -1.51. The number of benzene rings is 2. The largest absolute Gasteiger partial charge is 0.478 e. The molecular weight excluding hydrogens is 505 g/mol. The molecule has 0 radical (unpaired) electrons. The van der Waals surface area contributed by atoms with Crippen LogP contribution < -0.4 is 5.32 Å². The molecular formula is C28H28FN5O5. The highest BCUT2D eigenvalue weighted by molar-refractivity contribution is 5.89. The number of hydrogen-bond acceptors (Lipinski definition) is 8. The van der Waals surface area contributed by atoms with Crippen LogP contribution in [0.4, 0.5) is 10.2 Å². The molecule has 1 aliphatic heterocycles. The molecule has 202 valence electrons. The fourth-order valence-corrected chi connectivity index (χ4v) is 5.14. The minimum absolute atomic E-state index is 0.0419. The molecule has 10 nitrogen and oxygen atoms in total. The quantitative estimate of drug-likeness (QED) is 0.323. The van der Waals surface area contributed by atoms with E-state index >= 15 is 4.39 Å². The van der Waals surface area contributed by atoms with Crippen LogP contribution in [0.5, 0.6) is 0 Å². The van der Waals surface area contributed by atoms with E-state index in [2.05, 4.69) is 20.3 Å². The van der Waals surface area contributed by atoms with E-state index in [9.17, 15) is 14.7 Å². The third-order valence-corrected chi connectivity index (χ3v) is 7.36. The number of carbonyl (C=O) groups excluding carboxylic acids is 1. The van der Waals surface area contributed by atoms with Crippen LogP contribution >= 0.6 is 0 Å². The molecule has 4 aromatic rings. The second kappa shape index (κ2) is 9.73. The lowest BCUT2D eigenvalue weighted by molar-refractivity contribution is -0.174. The number of anilines is 1. The number of alkyl halides is 1. The van der Waals surface area contributed by atoms with Crippen LogP contribution in [0, 0.1) is 6.92 Å². The molecule has 11 heteroatoms. The Hall–Kier alpha value is -4.38. The van der Waals surface area contributed by atoms with Crippen molar-refractivity contribution in [2.75, 3.05) is 5.32 Å². The van der Waals surface area contributed by atoms with Gasteiger partial charge in [-0.1, -0.05) is 42.5 Å². The zero-order valence-electron chi connectivity index (χ0n) is 21.9. The van der Waals surface area contributed by atoms with Gasteiger partial charge in [-0.05, 0) is 43.5 Å². The standard InChI is InChI=1S/C28H28FN5O5/c1-16-19(11-8-12-20(16)25(36)37)22-28(4,39-17(2)35)27(3,29)26(38-22)34-15-33-21-23(31-14-32-24(21)34)30-13-18-9-6-5-7-10-18/h5-12,14-15,22,26H,13H2,1-4H3,(H,36,37)(H,30,31,32)/t22-,26?,27+,28?/m1/s1. The predicted molar refractivity (Wildman–Crippen MR) is 140 cm³/mol. The maximum Gasteiger partial charge on any atom is 0.335 e. The number of imidazole rings is 1. The first-order valence-electron chi connectivity index (χ1n) is 12.4. The van der Waals surface area contributed by atoms with Crippen LogP contribution in [-0.2, 0) is 20.8 Å². The maximum absolute atomic E-state index is 16.9. The molecule has 0 saturated carbocycles. The highest BCUT2D eigenvalue weighted by atomic mass is 19.1. The molecule has 3 heterocycles. The third kappa shape index (κ3) is 4.38. The SMILES string of the molecule is CC(=O)OC1(C)[C@@H](c2cccc(C(=O)O)c2C)OC(n2cnc3c(NCc4ccccc4)ncnc32)[C@]1(C)F. The second-order valence-corrected chi connectivity index (χ2v) is 9.86. The van der Waals surface area contributed by atoms with Gasteiger partial charge in [0.15, 0.2) is 34.5 Å². The minimum atomic E-state index is -2.29. The van der Waals surface area contributed by atoms with Crippen molar-refractivity contribution in [3.05, 3.63) is 83.4 Å². The van der Waals surface area contributed by atoms with E-state index in [1.807, 2.05) is 30.3 Å². The van der Waals surface area contributed by atoms with Gasteiger partial charge in [-0.3, -0.25) is 9.36 Å². The number of ether oxygens (including phenoxy) is 2. The molecule has 0 spiro atoms. The summed E-state index contributed by atoms with van der Waals surface area (Å²) in [4.78, 5) is 37.1. The Bertz CT molecular complexity index is 1560. The Morgan fingerprint density at radius 2 is 1.87 bits per heavy atom. The molecule has 2 aromatic heterocycles. The number of hydrogen-bond donors (Lipinski definition) is 2. The lowest BCUT2D eigenvalue weighted by atomic mass is 9.80. The monoisotopic (exact) mass is 533 g/mol. The molecule has 39 heavy (non-hydrogen) atoms. The summed E-state index contributed by atoms with van der Waals surface area (Å²) in [6.07, 6.45) is 0.311. The molecule has 0 amide bonds. The van der Waals surface area contributed by atoms with Crippen LogP contribution in [0.1, 0.15) is 60.2 Å². The fourth-order valence-electron chi connectivity index (χ4n) is 5.14. The first-order valence-corrected chi connectivity index (χ1v) is 12.4. The second-order valence-electron chi connectivity index (χ2n) is 9.86. The number of carboxylic acids is 1. The number of fused-ring (bicyclic) bond motifs is 1. The molecule has 4 atom stereocenters. The number of halogens is 1. The summed E-state index contributed by atoms with van der Waals surface area (Å²) in [6.45, 7) is 6.04. The Morgan fingerprint density at radius 1 is 1.13 bits per heavy atom. The van der Waals surface area contributed by atoms with Crippen molar-refractivity contribution in [1.29, 1.82) is 0 Å². The van der Waals surface area contributed by atoms with E-state index in [0.29, 0.717) is 34.7 Å². The summed E-state index contributed by atoms with van der Waals surface area (Å²) < 4.78 is 30.3. The van der Waals surface area contributed by atoms with E-state index < -0.39 is 35.5 Å². The van der Waals surface area contributed by atoms with E-state index in [1.54, 1.807) is 19.1 Å². The van der Waals surface area contributed by atoms with Crippen LogP contribution in [0.3, 0.4) is 0 Å². The van der Waals surface area contributed by atoms with Gasteiger partial charge in [0.25, 0.3) is 0 Å². The van der Waals surface area contributed by atoms with Crippen molar-refractivity contribution in [3.8, 4) is 0 Å². The highest BCUT2D eigenvalue weighted by Gasteiger charge is 2.67. The van der Waals surface area contributed by atoms with Gasteiger partial charge in [-0.25, -0.2) is 24.1 Å². The highest BCUT2D eigenvalue weighted by Crippen LogP contribution is 2.57. The van der Waals surface area contributed by atoms with Gasteiger partial charge >= 0.3 is 11.9 Å². The fraction of sp³-hybridized carbons (Fsp3) is 0.321. The van der Waals surface area contributed by atoms with Gasteiger partial charge in [0.05, 0.1) is 11.9 Å². The summed E-state index contributed by atoms with van der Waals surface area (Å²) >= 11 is 0. The van der Waals surface area contributed by atoms with Crippen molar-refractivity contribution >= 4 is 28.9 Å². The lowest BCUT2D eigenvalue weighted by Gasteiger charge is -2.37. The minimum Gasteiger partial charge on any atom is -0.478 e. The molecule has 0 bridgehead atoms. The van der Waals surface area contributed by atoms with Crippen LogP contribution in [0.2, 0.25) is 0 Å². The van der Waals surface area contributed by atoms with Gasteiger partial charge in [-0.15, -0.1) is 0 Å². The number of rotatable bonds is 7. The molecule has 1 saturated heterocycles. The first kappa shape index (κ1) is 26.2. The Balaban J connectivity index is 1.57. The number of carbonyl (C=O) groups is 2. The van der Waals surface area contributed by atoms with E-state index in [1.165, 1.54) is 44.1 Å². The number of carboxylic acid groups (broad SMARTS) is 1. The number of aromatic carboxylic acids is 1. The molecule has 1 aliphatic rings. The maximum atomic E-state index is 16.9. The summed E-state index contributed by atoms with van der Waals surface area (Å²) in [6, 6.07) is 14.4. The number of nitrogens with zero attached hydrogens (tertiary/aromatic N) is 4. The van der Waals surface area contributed by atoms with Gasteiger partial charge < -0.3 is 19.9 Å². The average molecular weight is 534 g/mol. The number of aromatic nitrogens is 4. The first-order chi connectivity index (χ1) is 18.5. The van der Waals surface area contributed by atoms with Crippen molar-refractivity contribution in [1.82, 2.24) is 19.5 Å². The number of nitrogens with one attached hydrogen (secondary N) is 1. The van der Waals surface area contributed by atoms with Crippen LogP contribution in [-0.4, -0.2) is 47.8 Å². The van der Waals surface area contributed by atoms with Gasteiger partial charge in [-0.2, -0.15) is 0 Å². The lowest BCUT2D eigenvalue weighted by Crippen LogP contribution is -2.51. The van der Waals surface area contributed by atoms with Crippen LogP contribution in [0.15, 0.2) is 61.2 Å². The average Bonchev–Trinajstić information content (AvgIpc) is 3.40. The molecule has 0 aliphatic carbocycles. The van der Waals surface area contributed by atoms with Crippen molar-refractivity contribution < 1.29 is 28.6 Å². The molecule has 2 N–H and O–H groups in total. The molecule has 1 fully saturated rings. The molecule has 5 rings (SSSR count). The van der Waals surface area contributed by atoms with E-state index in [0.717, 1.165) is 5.56 Å². The zero-order valence-corrected chi connectivity index (χ0v) is 21.9. The summed E-state index contributed by atoms with van der Waals surface area (Å²) in [5.74, 6) is -1.37. The van der Waals surface area contributed by atoms with Crippen molar-refractivity contribution in [2.45, 2.75) is 57.8 Å². The van der Waals surface area contributed by atoms with Crippen molar-refractivity contribution in [3.63, 3.8) is 0 Å². The molecule has 2 aromatic carbocycles. The summed E-state index contributed by atoms with van der Waals surface area (Å²) in [7, 11) is 0. The Morgan fingerprint density at radius 3 is 2.56 bits per heavy atom. The van der Waals surface area contributed by atoms with E-state index in [-0.39, 0.29) is 5.56 Å². The Kier molecular flexibility index (Phi) is 6.55. The zero-order chi connectivity index (χ0) is 27.9. The Labute approximate surface area is 223 Å². The topological polar surface area (TPSA) is 128 Å². The summed E-state index contributed by atoms with van der Waals surface area (Å²) in [5, 5.41) is 12.9. The van der Waals surface area contributed by atoms with Gasteiger partial charge in [0, 0.05) is 13.5 Å². The van der Waals surface area contributed by atoms with Gasteiger partial charge in [0.2, 0.25) is 0 Å². The third-order valence-electron chi connectivity index (χ3n) is 7.36. The van der Waals surface area contributed by atoms with Gasteiger partial charge in [0.1, 0.15) is 12.4 Å². The number of esters is 1. The normalized spacial score (nSPS) is 24.5. The van der Waals surface area contributed by atoms with Crippen molar-refractivity contribution in [2.24, 2.45) is 0 Å². The molecule has 2 unspecified atom stereocenters. The van der Waals surface area contributed by atoms with E-state index in [4.69, 9.17) is 9.47 Å². The predicted octanol–water partition coefficient (Wildman–Crippen LogP) is 4.77.